The van der Waals surface area contributed by atoms with E-state index in [0.29, 0.717) is 11.4 Å². The van der Waals surface area contributed by atoms with Crippen molar-refractivity contribution in [3.05, 3.63) is 41.7 Å². The number of pyridine rings is 1. The van der Waals surface area contributed by atoms with Crippen LogP contribution in [0.15, 0.2) is 31.0 Å². The first kappa shape index (κ1) is 9.23. The lowest BCUT2D eigenvalue weighted by Gasteiger charge is -2.08. The van der Waals surface area contributed by atoms with Crippen molar-refractivity contribution in [2.24, 2.45) is 5.73 Å². The molecule has 0 fully saturated rings. The van der Waals surface area contributed by atoms with E-state index in [-0.39, 0.29) is 6.04 Å². The molecule has 0 aromatic carbocycles. The van der Waals surface area contributed by atoms with Crippen LogP contribution >= 0.6 is 11.6 Å². The molecule has 3 heteroatoms. The second-order valence-corrected chi connectivity index (χ2v) is 2.91. The van der Waals surface area contributed by atoms with Gasteiger partial charge in [0, 0.05) is 6.20 Å². The molecule has 12 heavy (non-hydrogen) atoms. The van der Waals surface area contributed by atoms with Crippen molar-refractivity contribution in [2.45, 2.75) is 12.5 Å². The summed E-state index contributed by atoms with van der Waals surface area (Å²) in [5, 5.41) is 0.617. The lowest BCUT2D eigenvalue weighted by molar-refractivity contribution is 0.714. The predicted octanol–water partition coefficient (Wildman–Crippen LogP) is 2.31. The monoisotopic (exact) mass is 182 g/mol. The zero-order valence-electron chi connectivity index (χ0n) is 6.70. The van der Waals surface area contributed by atoms with E-state index in [2.05, 4.69) is 11.6 Å². The van der Waals surface area contributed by atoms with Crippen molar-refractivity contribution in [3.63, 3.8) is 0 Å². The number of rotatable bonds is 3. The summed E-state index contributed by atoms with van der Waals surface area (Å²) in [4.78, 5) is 4.09. The smallest absolute Gasteiger partial charge is 0.0759 e. The maximum atomic E-state index is 5.88. The summed E-state index contributed by atoms with van der Waals surface area (Å²) in [5.74, 6) is 0. The molecule has 0 bridgehead atoms. The highest BCUT2D eigenvalue weighted by molar-refractivity contribution is 6.31. The Hall–Kier alpha value is -0.860. The Morgan fingerprint density at radius 2 is 2.50 bits per heavy atom. The second-order valence-electron chi connectivity index (χ2n) is 2.50. The van der Waals surface area contributed by atoms with Gasteiger partial charge in [0.15, 0.2) is 0 Å². The van der Waals surface area contributed by atoms with Gasteiger partial charge < -0.3 is 5.73 Å². The van der Waals surface area contributed by atoms with Crippen LogP contribution in [0.5, 0.6) is 0 Å². The fraction of sp³-hybridized carbons (Fsp3) is 0.222. The van der Waals surface area contributed by atoms with Gasteiger partial charge in [-0.2, -0.15) is 0 Å². The second kappa shape index (κ2) is 4.24. The lowest BCUT2D eigenvalue weighted by atomic mass is 10.1. The SMILES string of the molecule is C=CC[C@H](N)c1ncccc1Cl. The number of nitrogens with two attached hydrogens (primary N) is 1. The Labute approximate surface area is 77.1 Å². The van der Waals surface area contributed by atoms with Crippen LogP contribution in [-0.2, 0) is 0 Å². The normalized spacial score (nSPS) is 12.5. The minimum Gasteiger partial charge on any atom is -0.322 e. The summed E-state index contributed by atoms with van der Waals surface area (Å²) < 4.78 is 0. The maximum absolute atomic E-state index is 5.88. The number of halogens is 1. The van der Waals surface area contributed by atoms with E-state index in [1.54, 1.807) is 24.4 Å². The zero-order valence-corrected chi connectivity index (χ0v) is 7.46. The summed E-state index contributed by atoms with van der Waals surface area (Å²) in [7, 11) is 0. The van der Waals surface area contributed by atoms with E-state index in [9.17, 15) is 0 Å². The average molecular weight is 183 g/mol. The number of aromatic nitrogens is 1. The van der Waals surface area contributed by atoms with Crippen LogP contribution in [0, 0.1) is 0 Å². The van der Waals surface area contributed by atoms with Crippen molar-refractivity contribution in [2.75, 3.05) is 0 Å². The molecule has 1 aromatic heterocycles. The molecule has 1 rings (SSSR count). The first-order valence-corrected chi connectivity index (χ1v) is 4.10. The van der Waals surface area contributed by atoms with E-state index in [1.807, 2.05) is 0 Å². The van der Waals surface area contributed by atoms with E-state index in [4.69, 9.17) is 17.3 Å². The molecular weight excluding hydrogens is 172 g/mol. The van der Waals surface area contributed by atoms with Gasteiger partial charge in [-0.3, -0.25) is 4.98 Å². The van der Waals surface area contributed by atoms with Crippen LogP contribution in [-0.4, -0.2) is 4.98 Å². The Kier molecular flexibility index (Phi) is 3.26. The minimum absolute atomic E-state index is 0.142. The molecule has 0 radical (unpaired) electrons. The molecule has 0 aliphatic carbocycles. The van der Waals surface area contributed by atoms with Crippen molar-refractivity contribution >= 4 is 11.6 Å². The van der Waals surface area contributed by atoms with Crippen LogP contribution in [0.4, 0.5) is 0 Å². The van der Waals surface area contributed by atoms with Gasteiger partial charge in [-0.25, -0.2) is 0 Å². The number of nitrogens with zero attached hydrogens (tertiary/aromatic N) is 1. The van der Waals surface area contributed by atoms with Gasteiger partial charge in [-0.1, -0.05) is 17.7 Å². The summed E-state index contributed by atoms with van der Waals surface area (Å²) in [6.45, 7) is 3.60. The van der Waals surface area contributed by atoms with E-state index >= 15 is 0 Å². The summed E-state index contributed by atoms with van der Waals surface area (Å²) in [6.07, 6.45) is 4.14. The largest absolute Gasteiger partial charge is 0.322 e. The van der Waals surface area contributed by atoms with Crippen LogP contribution in [0.25, 0.3) is 0 Å². The van der Waals surface area contributed by atoms with Crippen molar-refractivity contribution in [1.82, 2.24) is 4.98 Å². The molecule has 2 nitrogen and oxygen atoms in total. The molecule has 0 aliphatic heterocycles. The van der Waals surface area contributed by atoms with Gasteiger partial charge in [0.25, 0.3) is 0 Å². The summed E-state index contributed by atoms with van der Waals surface area (Å²) in [5.41, 5.74) is 6.52. The third kappa shape index (κ3) is 2.06. The summed E-state index contributed by atoms with van der Waals surface area (Å²) in [6, 6.07) is 3.43. The fourth-order valence-electron chi connectivity index (χ4n) is 0.962. The lowest BCUT2D eigenvalue weighted by Crippen LogP contribution is -2.11. The number of hydrogen-bond donors (Lipinski definition) is 1. The van der Waals surface area contributed by atoms with E-state index < -0.39 is 0 Å². The highest BCUT2D eigenvalue weighted by Gasteiger charge is 2.08. The van der Waals surface area contributed by atoms with Crippen molar-refractivity contribution < 1.29 is 0 Å². The summed E-state index contributed by atoms with van der Waals surface area (Å²) >= 11 is 5.88. The zero-order chi connectivity index (χ0) is 8.97. The van der Waals surface area contributed by atoms with E-state index in [0.717, 1.165) is 5.69 Å². The molecule has 0 saturated carbocycles. The van der Waals surface area contributed by atoms with Crippen LogP contribution in [0.3, 0.4) is 0 Å². The van der Waals surface area contributed by atoms with Crippen molar-refractivity contribution in [3.8, 4) is 0 Å². The maximum Gasteiger partial charge on any atom is 0.0759 e. The highest BCUT2D eigenvalue weighted by Crippen LogP contribution is 2.20. The minimum atomic E-state index is -0.142. The first-order valence-electron chi connectivity index (χ1n) is 3.72. The molecule has 0 amide bonds. The van der Waals surface area contributed by atoms with Gasteiger partial charge in [0.05, 0.1) is 16.8 Å². The topological polar surface area (TPSA) is 38.9 Å². The molecule has 0 saturated heterocycles. The standard InChI is InChI=1S/C9H11ClN2/c1-2-4-8(11)9-7(10)5-3-6-12-9/h2-3,5-6,8H,1,4,11H2/t8-/m0/s1. The molecule has 64 valence electrons. The third-order valence-electron chi connectivity index (χ3n) is 1.56. The van der Waals surface area contributed by atoms with Crippen LogP contribution < -0.4 is 5.73 Å². The Morgan fingerprint density at radius 1 is 1.75 bits per heavy atom. The molecule has 0 unspecified atom stereocenters. The first-order chi connectivity index (χ1) is 5.75. The molecule has 1 heterocycles. The molecular formula is C9H11ClN2. The molecule has 2 N–H and O–H groups in total. The molecule has 0 aliphatic rings. The van der Waals surface area contributed by atoms with Gasteiger partial charge in [-0.15, -0.1) is 6.58 Å². The molecule has 1 aromatic rings. The third-order valence-corrected chi connectivity index (χ3v) is 1.88. The Morgan fingerprint density at radius 3 is 3.08 bits per heavy atom. The highest BCUT2D eigenvalue weighted by atomic mass is 35.5. The molecule has 0 spiro atoms. The van der Waals surface area contributed by atoms with Gasteiger partial charge >= 0.3 is 0 Å². The van der Waals surface area contributed by atoms with Crippen LogP contribution in [0.2, 0.25) is 5.02 Å². The number of hydrogen-bond acceptors (Lipinski definition) is 2. The van der Waals surface area contributed by atoms with Gasteiger partial charge in [0.2, 0.25) is 0 Å². The fourth-order valence-corrected chi connectivity index (χ4v) is 1.22. The predicted molar refractivity (Wildman–Crippen MR) is 51.0 cm³/mol. The van der Waals surface area contributed by atoms with Gasteiger partial charge in [-0.05, 0) is 18.6 Å². The van der Waals surface area contributed by atoms with E-state index in [1.165, 1.54) is 0 Å². The Balaban J connectivity index is 2.86. The Bertz CT molecular complexity index is 273. The quantitative estimate of drug-likeness (QED) is 0.729. The van der Waals surface area contributed by atoms with Crippen molar-refractivity contribution in [1.29, 1.82) is 0 Å². The van der Waals surface area contributed by atoms with Crippen LogP contribution in [0.1, 0.15) is 18.2 Å². The average Bonchev–Trinajstić information content (AvgIpc) is 2.05. The van der Waals surface area contributed by atoms with Gasteiger partial charge in [0.1, 0.15) is 0 Å². The molecule has 1 atom stereocenters.